The minimum atomic E-state index is -0.388. The number of nitrogens with zero attached hydrogens (tertiary/aromatic N) is 1. The number of hydrogen-bond donors (Lipinski definition) is 3. The number of aromatic hydroxyl groups is 1. The smallest absolute Gasteiger partial charge is 0.256 e. The zero-order chi connectivity index (χ0) is 14.0. The van der Waals surface area contributed by atoms with E-state index in [9.17, 15) is 14.7 Å². The number of carbonyl (C=O) groups excluding carboxylic acids is 2. The molecule has 5 N–H and O–H groups in total. The maximum Gasteiger partial charge on any atom is 0.256 e. The summed E-state index contributed by atoms with van der Waals surface area (Å²) in [5, 5.41) is 9.42. The first kappa shape index (κ1) is 13.2. The lowest BCUT2D eigenvalue weighted by molar-refractivity contribution is -0.123. The van der Waals surface area contributed by atoms with Crippen LogP contribution >= 0.6 is 0 Å². The second kappa shape index (κ2) is 5.17. The number of nitrogen functional groups attached to an aromatic ring is 1. The molecule has 1 aliphatic heterocycles. The maximum atomic E-state index is 12.3. The van der Waals surface area contributed by atoms with Crippen molar-refractivity contribution in [3.63, 3.8) is 0 Å². The van der Waals surface area contributed by atoms with Crippen LogP contribution in [0.4, 0.5) is 5.69 Å². The molecule has 0 bridgehead atoms. The number of phenolic OH excluding ortho intramolecular Hbond substituents is 1. The van der Waals surface area contributed by atoms with E-state index < -0.39 is 0 Å². The van der Waals surface area contributed by atoms with Gasteiger partial charge in [0.25, 0.3) is 5.91 Å². The van der Waals surface area contributed by atoms with E-state index in [1.807, 2.05) is 0 Å². The molecule has 6 nitrogen and oxygen atoms in total. The Morgan fingerprint density at radius 2 is 2.11 bits per heavy atom. The van der Waals surface area contributed by atoms with Gasteiger partial charge in [0.15, 0.2) is 0 Å². The largest absolute Gasteiger partial charge is 0.508 e. The standard InChI is InChI=1S/C13H17N3O3/c14-11-4-3-9(17)6-10(11)13(19)16-5-1-2-8(7-16)12(15)18/h3-4,6,8,17H,1-2,5,7,14H2,(H2,15,18). The summed E-state index contributed by atoms with van der Waals surface area (Å²) in [6, 6.07) is 4.25. The molecule has 0 spiro atoms. The average molecular weight is 263 g/mol. The molecule has 1 aromatic rings. The van der Waals surface area contributed by atoms with Crippen molar-refractivity contribution in [1.82, 2.24) is 4.90 Å². The number of rotatable bonds is 2. The van der Waals surface area contributed by atoms with E-state index in [0.29, 0.717) is 25.2 Å². The number of benzene rings is 1. The van der Waals surface area contributed by atoms with Crippen molar-refractivity contribution < 1.29 is 14.7 Å². The number of likely N-dealkylation sites (tertiary alicyclic amines) is 1. The lowest BCUT2D eigenvalue weighted by Crippen LogP contribution is -2.44. The normalized spacial score (nSPS) is 19.2. The van der Waals surface area contributed by atoms with Gasteiger partial charge in [-0.2, -0.15) is 0 Å². The molecule has 1 saturated heterocycles. The molecule has 1 heterocycles. The highest BCUT2D eigenvalue weighted by atomic mass is 16.3. The van der Waals surface area contributed by atoms with Crippen LogP contribution in [0.1, 0.15) is 23.2 Å². The number of hydrogen-bond acceptors (Lipinski definition) is 4. The van der Waals surface area contributed by atoms with Gasteiger partial charge in [-0.15, -0.1) is 0 Å². The fourth-order valence-corrected chi connectivity index (χ4v) is 2.29. The van der Waals surface area contributed by atoms with Gasteiger partial charge in [-0.1, -0.05) is 0 Å². The SMILES string of the molecule is NC(=O)C1CCCN(C(=O)c2cc(O)ccc2N)C1. The lowest BCUT2D eigenvalue weighted by Gasteiger charge is -2.31. The van der Waals surface area contributed by atoms with Crippen LogP contribution in [0, 0.1) is 5.92 Å². The molecule has 1 aliphatic rings. The first-order chi connectivity index (χ1) is 8.99. The van der Waals surface area contributed by atoms with E-state index in [0.717, 1.165) is 6.42 Å². The Balaban J connectivity index is 2.19. The van der Waals surface area contributed by atoms with E-state index in [1.54, 1.807) is 4.90 Å². The van der Waals surface area contributed by atoms with Crippen molar-refractivity contribution in [2.24, 2.45) is 11.7 Å². The van der Waals surface area contributed by atoms with Gasteiger partial charge in [-0.05, 0) is 31.0 Å². The highest BCUT2D eigenvalue weighted by molar-refractivity contribution is 5.99. The van der Waals surface area contributed by atoms with E-state index in [-0.39, 0.29) is 29.0 Å². The summed E-state index contributed by atoms with van der Waals surface area (Å²) in [5.41, 5.74) is 11.6. The fraction of sp³-hybridized carbons (Fsp3) is 0.385. The Morgan fingerprint density at radius 3 is 2.79 bits per heavy atom. The summed E-state index contributed by atoms with van der Waals surface area (Å²) in [6.07, 6.45) is 1.44. The van der Waals surface area contributed by atoms with Gasteiger partial charge < -0.3 is 21.5 Å². The number of phenols is 1. The minimum Gasteiger partial charge on any atom is -0.508 e. The first-order valence-electron chi connectivity index (χ1n) is 6.16. The van der Waals surface area contributed by atoms with Crippen LogP contribution in [0.2, 0.25) is 0 Å². The van der Waals surface area contributed by atoms with Gasteiger partial charge in [0.2, 0.25) is 5.91 Å². The molecule has 1 unspecified atom stereocenters. The summed E-state index contributed by atoms with van der Waals surface area (Å²) in [6.45, 7) is 0.876. The summed E-state index contributed by atoms with van der Waals surface area (Å²) in [7, 11) is 0. The van der Waals surface area contributed by atoms with Gasteiger partial charge in [-0.3, -0.25) is 9.59 Å². The lowest BCUT2D eigenvalue weighted by atomic mass is 9.96. The van der Waals surface area contributed by atoms with E-state index in [1.165, 1.54) is 18.2 Å². The molecule has 6 heteroatoms. The Bertz CT molecular complexity index is 516. The highest BCUT2D eigenvalue weighted by Gasteiger charge is 2.28. The zero-order valence-corrected chi connectivity index (χ0v) is 10.5. The molecular weight excluding hydrogens is 246 g/mol. The zero-order valence-electron chi connectivity index (χ0n) is 10.5. The first-order valence-corrected chi connectivity index (χ1v) is 6.16. The molecule has 0 saturated carbocycles. The summed E-state index contributed by atoms with van der Waals surface area (Å²) < 4.78 is 0. The van der Waals surface area contributed by atoms with Crippen molar-refractivity contribution in [2.75, 3.05) is 18.8 Å². The van der Waals surface area contributed by atoms with Gasteiger partial charge in [-0.25, -0.2) is 0 Å². The maximum absolute atomic E-state index is 12.3. The topological polar surface area (TPSA) is 110 Å². The molecule has 0 radical (unpaired) electrons. The molecule has 19 heavy (non-hydrogen) atoms. The number of piperidine rings is 1. The fourth-order valence-electron chi connectivity index (χ4n) is 2.29. The van der Waals surface area contributed by atoms with Gasteiger partial charge in [0, 0.05) is 18.8 Å². The second-order valence-electron chi connectivity index (χ2n) is 4.76. The molecule has 2 rings (SSSR count). The number of carbonyl (C=O) groups is 2. The average Bonchev–Trinajstić information content (AvgIpc) is 2.41. The Kier molecular flexibility index (Phi) is 3.59. The van der Waals surface area contributed by atoms with Crippen molar-refractivity contribution in [3.8, 4) is 5.75 Å². The van der Waals surface area contributed by atoms with Crippen molar-refractivity contribution in [1.29, 1.82) is 0 Å². The number of primary amides is 1. The predicted molar refractivity (Wildman–Crippen MR) is 70.3 cm³/mol. The molecule has 102 valence electrons. The highest BCUT2D eigenvalue weighted by Crippen LogP contribution is 2.23. The number of anilines is 1. The minimum absolute atomic E-state index is 0.0130. The molecule has 0 aliphatic carbocycles. The van der Waals surface area contributed by atoms with Gasteiger partial charge in [0.05, 0.1) is 11.5 Å². The molecule has 1 aromatic carbocycles. The monoisotopic (exact) mass is 263 g/mol. The van der Waals surface area contributed by atoms with Crippen LogP contribution in [0.25, 0.3) is 0 Å². The van der Waals surface area contributed by atoms with Crippen LogP contribution in [0.15, 0.2) is 18.2 Å². The van der Waals surface area contributed by atoms with Crippen molar-refractivity contribution in [3.05, 3.63) is 23.8 Å². The molecule has 1 fully saturated rings. The third kappa shape index (κ3) is 2.78. The molecule has 0 aromatic heterocycles. The van der Waals surface area contributed by atoms with Crippen LogP contribution < -0.4 is 11.5 Å². The van der Waals surface area contributed by atoms with Crippen LogP contribution in [-0.2, 0) is 4.79 Å². The summed E-state index contributed by atoms with van der Waals surface area (Å²) >= 11 is 0. The Labute approximate surface area is 111 Å². The van der Waals surface area contributed by atoms with Gasteiger partial charge >= 0.3 is 0 Å². The molecule has 2 amide bonds. The van der Waals surface area contributed by atoms with Crippen LogP contribution in [0.3, 0.4) is 0 Å². The third-order valence-corrected chi connectivity index (χ3v) is 3.38. The van der Waals surface area contributed by atoms with Crippen LogP contribution in [0.5, 0.6) is 5.75 Å². The molecular formula is C13H17N3O3. The summed E-state index contributed by atoms with van der Waals surface area (Å²) in [5.74, 6) is -0.988. The van der Waals surface area contributed by atoms with E-state index >= 15 is 0 Å². The third-order valence-electron chi connectivity index (χ3n) is 3.38. The predicted octanol–water partition coefficient (Wildman–Crippen LogP) is 0.312. The van der Waals surface area contributed by atoms with Crippen LogP contribution in [-0.4, -0.2) is 34.9 Å². The van der Waals surface area contributed by atoms with E-state index in [2.05, 4.69) is 0 Å². The van der Waals surface area contributed by atoms with E-state index in [4.69, 9.17) is 11.5 Å². The van der Waals surface area contributed by atoms with Crippen molar-refractivity contribution in [2.45, 2.75) is 12.8 Å². The second-order valence-corrected chi connectivity index (χ2v) is 4.76. The molecule has 1 atom stereocenters. The Hall–Kier alpha value is -2.24. The Morgan fingerprint density at radius 1 is 1.37 bits per heavy atom. The van der Waals surface area contributed by atoms with Gasteiger partial charge in [0.1, 0.15) is 5.75 Å². The number of nitrogens with two attached hydrogens (primary N) is 2. The van der Waals surface area contributed by atoms with Crippen molar-refractivity contribution >= 4 is 17.5 Å². The number of amides is 2. The quantitative estimate of drug-likeness (QED) is 0.527. The summed E-state index contributed by atoms with van der Waals surface area (Å²) in [4.78, 5) is 25.1.